The summed E-state index contributed by atoms with van der Waals surface area (Å²) in [6.45, 7) is 0.0966. The minimum Gasteiger partial charge on any atom is -0.505 e. The van der Waals surface area contributed by atoms with Crippen molar-refractivity contribution in [2.75, 3.05) is 27.8 Å². The molecule has 0 amide bonds. The molecule has 0 aliphatic rings. The fourth-order valence-corrected chi connectivity index (χ4v) is 1.68. The number of carbonyl (C=O) groups is 1. The van der Waals surface area contributed by atoms with Crippen LogP contribution in [-0.4, -0.2) is 38.7 Å². The summed E-state index contributed by atoms with van der Waals surface area (Å²) in [6.07, 6.45) is 0. The zero-order chi connectivity index (χ0) is 13.0. The molecule has 0 radical (unpaired) electrons. The van der Waals surface area contributed by atoms with Crippen LogP contribution in [0.2, 0.25) is 5.02 Å². The second kappa shape index (κ2) is 5.75. The van der Waals surface area contributed by atoms with E-state index in [0.717, 1.165) is 0 Å². The molecule has 0 saturated heterocycles. The summed E-state index contributed by atoms with van der Waals surface area (Å²) in [5.74, 6) is -0.0835. The molecule has 0 unspecified atom stereocenters. The molecule has 0 fully saturated rings. The van der Waals surface area contributed by atoms with Crippen LogP contribution in [0.1, 0.15) is 10.4 Å². The second-order valence-electron chi connectivity index (χ2n) is 3.28. The summed E-state index contributed by atoms with van der Waals surface area (Å²) in [6, 6.07) is 1.40. The number of halogens is 1. The van der Waals surface area contributed by atoms with Gasteiger partial charge in [-0.05, 0) is 13.1 Å². The number of hydrogen-bond acceptors (Lipinski definition) is 5. The SMILES string of the molecule is CNCC(=O)c1cc(OC)c(OC)c(Cl)c1O. The van der Waals surface area contributed by atoms with Crippen molar-refractivity contribution in [1.82, 2.24) is 5.32 Å². The number of methoxy groups -OCH3 is 2. The molecule has 0 aliphatic carbocycles. The third-order valence-electron chi connectivity index (χ3n) is 2.22. The molecule has 0 aliphatic heterocycles. The van der Waals surface area contributed by atoms with Gasteiger partial charge in [-0.25, -0.2) is 0 Å². The van der Waals surface area contributed by atoms with E-state index >= 15 is 0 Å². The van der Waals surface area contributed by atoms with E-state index in [-0.39, 0.29) is 34.4 Å². The molecule has 1 aromatic rings. The van der Waals surface area contributed by atoms with Gasteiger partial charge in [0.25, 0.3) is 0 Å². The number of ketones is 1. The normalized spacial score (nSPS) is 10.1. The third-order valence-corrected chi connectivity index (χ3v) is 2.57. The van der Waals surface area contributed by atoms with Gasteiger partial charge < -0.3 is 19.9 Å². The predicted octanol–water partition coefficient (Wildman–Crippen LogP) is 1.46. The molecule has 1 rings (SSSR count). The lowest BCUT2D eigenvalue weighted by Crippen LogP contribution is -2.18. The number of hydrogen-bond donors (Lipinski definition) is 2. The highest BCUT2D eigenvalue weighted by Gasteiger charge is 2.21. The first-order chi connectivity index (χ1) is 8.06. The molecular weight excluding hydrogens is 246 g/mol. The first-order valence-electron chi connectivity index (χ1n) is 4.88. The highest BCUT2D eigenvalue weighted by Crippen LogP contribution is 2.43. The van der Waals surface area contributed by atoms with Gasteiger partial charge in [-0.1, -0.05) is 11.6 Å². The summed E-state index contributed by atoms with van der Waals surface area (Å²) < 4.78 is 10.0. The number of phenolic OH excluding ortho intramolecular Hbond substituents is 1. The van der Waals surface area contributed by atoms with Crippen LogP contribution in [0, 0.1) is 0 Å². The Kier molecular flexibility index (Phi) is 4.60. The number of carbonyl (C=O) groups excluding carboxylic acids is 1. The molecule has 0 atom stereocenters. The molecule has 94 valence electrons. The van der Waals surface area contributed by atoms with Crippen LogP contribution in [0.15, 0.2) is 6.07 Å². The van der Waals surface area contributed by atoms with E-state index in [1.165, 1.54) is 20.3 Å². The van der Waals surface area contributed by atoms with Crippen molar-refractivity contribution in [2.24, 2.45) is 0 Å². The van der Waals surface area contributed by atoms with E-state index < -0.39 is 0 Å². The summed E-state index contributed by atoms with van der Waals surface area (Å²) >= 11 is 5.90. The first kappa shape index (κ1) is 13.6. The van der Waals surface area contributed by atoms with Gasteiger partial charge in [0.15, 0.2) is 17.3 Å². The highest BCUT2D eigenvalue weighted by molar-refractivity contribution is 6.34. The fraction of sp³-hybridized carbons (Fsp3) is 0.364. The van der Waals surface area contributed by atoms with E-state index in [1.54, 1.807) is 7.05 Å². The number of rotatable bonds is 5. The van der Waals surface area contributed by atoms with Crippen molar-refractivity contribution < 1.29 is 19.4 Å². The monoisotopic (exact) mass is 259 g/mol. The van der Waals surface area contributed by atoms with E-state index in [0.29, 0.717) is 5.75 Å². The van der Waals surface area contributed by atoms with Crippen molar-refractivity contribution in [1.29, 1.82) is 0 Å². The molecule has 2 N–H and O–H groups in total. The van der Waals surface area contributed by atoms with E-state index in [1.807, 2.05) is 0 Å². The Hall–Kier alpha value is -1.46. The second-order valence-corrected chi connectivity index (χ2v) is 3.65. The van der Waals surface area contributed by atoms with Crippen LogP contribution in [0.25, 0.3) is 0 Å². The van der Waals surface area contributed by atoms with Gasteiger partial charge in [-0.15, -0.1) is 0 Å². The number of likely N-dealkylation sites (N-methyl/N-ethyl adjacent to an activating group) is 1. The largest absolute Gasteiger partial charge is 0.505 e. The lowest BCUT2D eigenvalue weighted by Gasteiger charge is -2.13. The number of aromatic hydroxyl groups is 1. The van der Waals surface area contributed by atoms with E-state index in [2.05, 4.69) is 5.32 Å². The Labute approximate surface area is 104 Å². The Morgan fingerprint density at radius 3 is 2.59 bits per heavy atom. The third kappa shape index (κ3) is 2.62. The van der Waals surface area contributed by atoms with Crippen molar-refractivity contribution in [3.05, 3.63) is 16.7 Å². The van der Waals surface area contributed by atoms with Gasteiger partial charge >= 0.3 is 0 Å². The van der Waals surface area contributed by atoms with E-state index in [4.69, 9.17) is 21.1 Å². The lowest BCUT2D eigenvalue weighted by atomic mass is 10.1. The molecule has 17 heavy (non-hydrogen) atoms. The zero-order valence-corrected chi connectivity index (χ0v) is 10.6. The number of ether oxygens (including phenoxy) is 2. The number of Topliss-reactive ketones (excluding diaryl/α,β-unsaturated/α-hetero) is 1. The molecule has 0 aromatic heterocycles. The maximum absolute atomic E-state index is 11.7. The maximum atomic E-state index is 11.7. The van der Waals surface area contributed by atoms with Crippen LogP contribution in [0.4, 0.5) is 0 Å². The molecule has 0 spiro atoms. The van der Waals surface area contributed by atoms with Gasteiger partial charge in [0.05, 0.1) is 26.3 Å². The van der Waals surface area contributed by atoms with Crippen molar-refractivity contribution in [3.8, 4) is 17.2 Å². The minimum atomic E-state index is -0.301. The summed E-state index contributed by atoms with van der Waals surface area (Å²) in [7, 11) is 4.47. The number of nitrogens with one attached hydrogen (secondary N) is 1. The van der Waals surface area contributed by atoms with Crippen LogP contribution in [-0.2, 0) is 0 Å². The molecule has 0 bridgehead atoms. The Morgan fingerprint density at radius 2 is 2.12 bits per heavy atom. The van der Waals surface area contributed by atoms with Crippen molar-refractivity contribution in [2.45, 2.75) is 0 Å². The fourth-order valence-electron chi connectivity index (χ4n) is 1.41. The van der Waals surface area contributed by atoms with Gasteiger partial charge in [-0.3, -0.25) is 4.79 Å². The standard InChI is InChI=1S/C11H14ClNO4/c1-13-5-7(14)6-4-8(16-2)11(17-3)9(12)10(6)15/h4,13,15H,5H2,1-3H3. The minimum absolute atomic E-state index is 0.0358. The molecular formula is C11H14ClNO4. The smallest absolute Gasteiger partial charge is 0.183 e. The highest BCUT2D eigenvalue weighted by atomic mass is 35.5. The molecule has 1 aromatic carbocycles. The zero-order valence-electron chi connectivity index (χ0n) is 9.83. The topological polar surface area (TPSA) is 67.8 Å². The summed E-state index contributed by atoms with van der Waals surface area (Å²) in [5.41, 5.74) is 0.0991. The number of benzene rings is 1. The molecule has 6 heteroatoms. The van der Waals surface area contributed by atoms with Gasteiger partial charge in [0.2, 0.25) is 0 Å². The first-order valence-corrected chi connectivity index (χ1v) is 5.25. The van der Waals surface area contributed by atoms with Crippen LogP contribution < -0.4 is 14.8 Å². The van der Waals surface area contributed by atoms with Gasteiger partial charge in [0.1, 0.15) is 10.8 Å². The van der Waals surface area contributed by atoms with Gasteiger partial charge in [-0.2, -0.15) is 0 Å². The lowest BCUT2D eigenvalue weighted by molar-refractivity contribution is 0.0990. The molecule has 0 heterocycles. The van der Waals surface area contributed by atoms with Crippen LogP contribution in [0.5, 0.6) is 17.2 Å². The number of phenols is 1. The summed E-state index contributed by atoms with van der Waals surface area (Å²) in [4.78, 5) is 11.7. The Balaban J connectivity index is 3.34. The predicted molar refractivity (Wildman–Crippen MR) is 64.5 cm³/mol. The summed E-state index contributed by atoms with van der Waals surface area (Å²) in [5, 5.41) is 12.5. The molecule has 0 saturated carbocycles. The molecule has 5 nitrogen and oxygen atoms in total. The van der Waals surface area contributed by atoms with Crippen molar-refractivity contribution >= 4 is 17.4 Å². The van der Waals surface area contributed by atoms with Gasteiger partial charge in [0, 0.05) is 0 Å². The average Bonchev–Trinajstić information content (AvgIpc) is 2.32. The van der Waals surface area contributed by atoms with Crippen molar-refractivity contribution in [3.63, 3.8) is 0 Å². The quantitative estimate of drug-likeness (QED) is 0.784. The maximum Gasteiger partial charge on any atom is 0.183 e. The Morgan fingerprint density at radius 1 is 1.47 bits per heavy atom. The van der Waals surface area contributed by atoms with Crippen LogP contribution >= 0.6 is 11.6 Å². The Bertz CT molecular complexity index is 434. The average molecular weight is 260 g/mol. The van der Waals surface area contributed by atoms with E-state index in [9.17, 15) is 9.90 Å². The van der Waals surface area contributed by atoms with Crippen LogP contribution in [0.3, 0.4) is 0 Å².